The summed E-state index contributed by atoms with van der Waals surface area (Å²) >= 11 is 0. The Kier molecular flexibility index (Phi) is 4.28. The summed E-state index contributed by atoms with van der Waals surface area (Å²) in [7, 11) is 1.63. The molecular weight excluding hydrogens is 290 g/mol. The summed E-state index contributed by atoms with van der Waals surface area (Å²) in [6.45, 7) is 2.48. The van der Waals surface area contributed by atoms with Crippen LogP contribution in [0.25, 0.3) is 5.52 Å². The highest BCUT2D eigenvalue weighted by atomic mass is 16.5. The zero-order valence-electron chi connectivity index (χ0n) is 13.2. The molecule has 0 radical (unpaired) electrons. The summed E-state index contributed by atoms with van der Waals surface area (Å²) in [6, 6.07) is 13.4. The summed E-state index contributed by atoms with van der Waals surface area (Å²) in [4.78, 5) is 17.0. The van der Waals surface area contributed by atoms with Gasteiger partial charge in [-0.05, 0) is 29.8 Å². The number of aromatic nitrogens is 2. The first-order chi connectivity index (χ1) is 11.2. The van der Waals surface area contributed by atoms with Crippen molar-refractivity contribution in [2.24, 2.45) is 0 Å². The molecule has 5 heteroatoms. The van der Waals surface area contributed by atoms with E-state index in [9.17, 15) is 4.79 Å². The molecule has 3 rings (SSSR count). The van der Waals surface area contributed by atoms with Gasteiger partial charge < -0.3 is 14.5 Å². The highest BCUT2D eigenvalue weighted by molar-refractivity contribution is 5.99. The molecule has 5 nitrogen and oxygen atoms in total. The van der Waals surface area contributed by atoms with E-state index in [0.29, 0.717) is 12.2 Å². The number of pyridine rings is 1. The number of hydrogen-bond acceptors (Lipinski definition) is 3. The number of rotatable bonds is 5. The van der Waals surface area contributed by atoms with Crippen molar-refractivity contribution in [3.05, 3.63) is 65.7 Å². The Morgan fingerprint density at radius 2 is 2.00 bits per heavy atom. The molecule has 0 unspecified atom stereocenters. The van der Waals surface area contributed by atoms with Gasteiger partial charge in [-0.1, -0.05) is 25.1 Å². The van der Waals surface area contributed by atoms with Gasteiger partial charge in [-0.25, -0.2) is 4.98 Å². The zero-order valence-corrected chi connectivity index (χ0v) is 13.2. The highest BCUT2D eigenvalue weighted by Gasteiger charge is 2.16. The molecule has 0 aliphatic carbocycles. The van der Waals surface area contributed by atoms with Crippen LogP contribution in [0.2, 0.25) is 0 Å². The molecule has 1 N–H and O–H groups in total. The molecule has 2 aromatic heterocycles. The summed E-state index contributed by atoms with van der Waals surface area (Å²) < 4.78 is 7.09. The van der Waals surface area contributed by atoms with E-state index in [-0.39, 0.29) is 5.91 Å². The fourth-order valence-corrected chi connectivity index (χ4v) is 2.53. The first kappa shape index (κ1) is 15.1. The van der Waals surface area contributed by atoms with Crippen LogP contribution in [-0.4, -0.2) is 22.4 Å². The van der Waals surface area contributed by atoms with Gasteiger partial charge in [0, 0.05) is 19.2 Å². The lowest BCUT2D eigenvalue weighted by Crippen LogP contribution is -2.23. The molecule has 0 spiro atoms. The molecule has 0 atom stereocenters. The lowest BCUT2D eigenvalue weighted by Gasteiger charge is -2.05. The topological polar surface area (TPSA) is 55.6 Å². The van der Waals surface area contributed by atoms with Crippen LogP contribution in [0.4, 0.5) is 0 Å². The molecule has 2 heterocycles. The number of imidazole rings is 1. The molecule has 0 saturated heterocycles. The Balaban J connectivity index is 1.78. The molecular formula is C18H19N3O2. The predicted molar refractivity (Wildman–Crippen MR) is 88.7 cm³/mol. The van der Waals surface area contributed by atoms with Gasteiger partial charge in [0.15, 0.2) is 5.69 Å². The third kappa shape index (κ3) is 3.04. The Morgan fingerprint density at radius 3 is 2.70 bits per heavy atom. The molecule has 1 amide bonds. The fourth-order valence-electron chi connectivity index (χ4n) is 2.53. The normalized spacial score (nSPS) is 10.7. The largest absolute Gasteiger partial charge is 0.497 e. The third-order valence-electron chi connectivity index (χ3n) is 3.76. The van der Waals surface area contributed by atoms with Crippen LogP contribution < -0.4 is 10.1 Å². The van der Waals surface area contributed by atoms with Crippen molar-refractivity contribution >= 4 is 11.4 Å². The van der Waals surface area contributed by atoms with E-state index in [1.165, 1.54) is 0 Å². The fraction of sp³-hybridized carbons (Fsp3) is 0.222. The summed E-state index contributed by atoms with van der Waals surface area (Å²) in [5, 5.41) is 2.93. The average Bonchev–Trinajstić information content (AvgIpc) is 2.99. The molecule has 23 heavy (non-hydrogen) atoms. The molecule has 0 saturated carbocycles. The Morgan fingerprint density at radius 1 is 1.22 bits per heavy atom. The molecule has 0 fully saturated rings. The minimum absolute atomic E-state index is 0.163. The third-order valence-corrected chi connectivity index (χ3v) is 3.76. The second-order valence-electron chi connectivity index (χ2n) is 5.22. The maximum absolute atomic E-state index is 12.5. The number of methoxy groups -OCH3 is 1. The number of carbonyl (C=O) groups excluding carboxylic acids is 1. The van der Waals surface area contributed by atoms with Crippen LogP contribution in [0.15, 0.2) is 48.7 Å². The summed E-state index contributed by atoms with van der Waals surface area (Å²) in [5.41, 5.74) is 2.31. The number of nitrogens with zero attached hydrogens (tertiary/aromatic N) is 2. The molecule has 3 aromatic rings. The minimum Gasteiger partial charge on any atom is -0.497 e. The lowest BCUT2D eigenvalue weighted by atomic mass is 10.2. The van der Waals surface area contributed by atoms with Crippen LogP contribution in [0.5, 0.6) is 5.75 Å². The van der Waals surface area contributed by atoms with Crippen molar-refractivity contribution in [3.63, 3.8) is 0 Å². The van der Waals surface area contributed by atoms with Crippen LogP contribution in [0.3, 0.4) is 0 Å². The SMILES string of the molecule is CCc1nc(C(=O)NCc2ccc(OC)cc2)c2ccccn12. The monoisotopic (exact) mass is 309 g/mol. The van der Waals surface area contributed by atoms with Crippen molar-refractivity contribution in [2.75, 3.05) is 7.11 Å². The van der Waals surface area contributed by atoms with Gasteiger partial charge >= 0.3 is 0 Å². The molecule has 1 aromatic carbocycles. The van der Waals surface area contributed by atoms with E-state index in [1.807, 2.05) is 60.0 Å². The standard InChI is InChI=1S/C18H19N3O2/c1-3-16-20-17(15-6-4-5-11-21(15)16)18(22)19-12-13-7-9-14(23-2)10-8-13/h4-11H,3,12H2,1-2H3,(H,19,22). The predicted octanol–water partition coefficient (Wildman–Crippen LogP) is 2.84. The Labute approximate surface area is 134 Å². The van der Waals surface area contributed by atoms with E-state index in [4.69, 9.17) is 4.74 Å². The Bertz CT molecular complexity index is 822. The zero-order chi connectivity index (χ0) is 16.2. The van der Waals surface area contributed by atoms with Gasteiger partial charge in [-0.2, -0.15) is 0 Å². The number of fused-ring (bicyclic) bond motifs is 1. The number of aryl methyl sites for hydroxylation is 1. The van der Waals surface area contributed by atoms with Gasteiger partial charge in [0.2, 0.25) is 0 Å². The van der Waals surface area contributed by atoms with Gasteiger partial charge in [-0.15, -0.1) is 0 Å². The second kappa shape index (κ2) is 6.52. The van der Waals surface area contributed by atoms with Crippen molar-refractivity contribution in [1.82, 2.24) is 14.7 Å². The molecule has 0 aliphatic heterocycles. The van der Waals surface area contributed by atoms with Crippen molar-refractivity contribution < 1.29 is 9.53 Å². The molecule has 0 bridgehead atoms. The number of amides is 1. The van der Waals surface area contributed by atoms with Crippen LogP contribution in [0.1, 0.15) is 28.8 Å². The number of ether oxygens (including phenoxy) is 1. The number of carbonyl (C=O) groups is 1. The Hall–Kier alpha value is -2.82. The lowest BCUT2D eigenvalue weighted by molar-refractivity contribution is 0.0948. The maximum atomic E-state index is 12.5. The van der Waals surface area contributed by atoms with E-state index in [2.05, 4.69) is 10.3 Å². The van der Waals surface area contributed by atoms with E-state index in [0.717, 1.165) is 29.1 Å². The van der Waals surface area contributed by atoms with Crippen molar-refractivity contribution in [3.8, 4) is 5.75 Å². The van der Waals surface area contributed by atoms with Crippen molar-refractivity contribution in [2.45, 2.75) is 19.9 Å². The van der Waals surface area contributed by atoms with Gasteiger partial charge in [0.05, 0.1) is 12.6 Å². The molecule has 0 aliphatic rings. The van der Waals surface area contributed by atoms with E-state index >= 15 is 0 Å². The van der Waals surface area contributed by atoms with Gasteiger partial charge in [0.1, 0.15) is 11.6 Å². The number of nitrogens with one attached hydrogen (secondary N) is 1. The van der Waals surface area contributed by atoms with E-state index < -0.39 is 0 Å². The van der Waals surface area contributed by atoms with Crippen LogP contribution in [-0.2, 0) is 13.0 Å². The van der Waals surface area contributed by atoms with Crippen LogP contribution in [0, 0.1) is 0 Å². The highest BCUT2D eigenvalue weighted by Crippen LogP contribution is 2.14. The molecule has 118 valence electrons. The number of hydrogen-bond donors (Lipinski definition) is 1. The first-order valence-corrected chi connectivity index (χ1v) is 7.60. The maximum Gasteiger partial charge on any atom is 0.272 e. The summed E-state index contributed by atoms with van der Waals surface area (Å²) in [6.07, 6.45) is 2.71. The first-order valence-electron chi connectivity index (χ1n) is 7.60. The van der Waals surface area contributed by atoms with Gasteiger partial charge in [-0.3, -0.25) is 4.79 Å². The quantitative estimate of drug-likeness (QED) is 0.788. The van der Waals surface area contributed by atoms with Gasteiger partial charge in [0.25, 0.3) is 5.91 Å². The number of benzene rings is 1. The van der Waals surface area contributed by atoms with Crippen LogP contribution >= 0.6 is 0 Å². The minimum atomic E-state index is -0.163. The van der Waals surface area contributed by atoms with E-state index in [1.54, 1.807) is 7.11 Å². The second-order valence-corrected chi connectivity index (χ2v) is 5.22. The van der Waals surface area contributed by atoms with Crippen molar-refractivity contribution in [1.29, 1.82) is 0 Å². The smallest absolute Gasteiger partial charge is 0.272 e. The summed E-state index contributed by atoms with van der Waals surface area (Å²) in [5.74, 6) is 1.52. The average molecular weight is 309 g/mol.